The fraction of sp³-hybridized carbons (Fsp3) is 0.704. The molecule has 0 aromatic heterocycles. The average Bonchev–Trinajstić information content (AvgIpc) is 2.85. The zero-order chi connectivity index (χ0) is 25.0. The van der Waals surface area contributed by atoms with Crippen LogP contribution in [0.2, 0.25) is 0 Å². The number of likely N-dealkylation sites (tertiary alicyclic amines) is 1. The molecule has 1 amide bonds. The summed E-state index contributed by atoms with van der Waals surface area (Å²) in [6, 6.07) is 6.75. The molecular formula is C27H46N2O4. The van der Waals surface area contributed by atoms with E-state index in [1.807, 2.05) is 4.90 Å². The van der Waals surface area contributed by atoms with Crippen molar-refractivity contribution in [2.24, 2.45) is 23.5 Å². The zero-order valence-electron chi connectivity index (χ0n) is 21.6. The normalized spacial score (nSPS) is 23.1. The molecule has 3 rings (SSSR count). The van der Waals surface area contributed by atoms with Crippen LogP contribution < -0.4 is 10.5 Å². The van der Waals surface area contributed by atoms with Crippen LogP contribution in [0, 0.1) is 17.8 Å². The summed E-state index contributed by atoms with van der Waals surface area (Å²) in [4.78, 5) is 28.1. The number of nitrogens with two attached hydrogens (primary N) is 1. The van der Waals surface area contributed by atoms with Crippen molar-refractivity contribution in [2.75, 3.05) is 27.2 Å². The van der Waals surface area contributed by atoms with Gasteiger partial charge in [-0.3, -0.25) is 9.59 Å². The van der Waals surface area contributed by atoms with Crippen molar-refractivity contribution in [3.05, 3.63) is 29.8 Å². The van der Waals surface area contributed by atoms with Gasteiger partial charge in [0.25, 0.3) is 0 Å². The summed E-state index contributed by atoms with van der Waals surface area (Å²) in [6.45, 7) is 10.3. The molecular weight excluding hydrogens is 416 g/mol. The van der Waals surface area contributed by atoms with Gasteiger partial charge in [-0.2, -0.15) is 0 Å². The second kappa shape index (κ2) is 14.4. The van der Waals surface area contributed by atoms with E-state index < -0.39 is 11.5 Å². The second-order valence-electron chi connectivity index (χ2n) is 9.59. The molecule has 1 aliphatic heterocycles. The van der Waals surface area contributed by atoms with E-state index in [2.05, 4.69) is 33.4 Å². The van der Waals surface area contributed by atoms with Crippen molar-refractivity contribution in [2.45, 2.75) is 78.2 Å². The first kappa shape index (κ1) is 29.1. The Balaban J connectivity index is 0.000000689. The molecule has 188 valence electrons. The van der Waals surface area contributed by atoms with Gasteiger partial charge in [-0.1, -0.05) is 47.0 Å². The van der Waals surface area contributed by atoms with E-state index >= 15 is 0 Å². The number of piperidine rings is 1. The number of rotatable bonds is 5. The van der Waals surface area contributed by atoms with E-state index in [0.29, 0.717) is 30.1 Å². The van der Waals surface area contributed by atoms with E-state index in [0.717, 1.165) is 44.7 Å². The number of carbonyl (C=O) groups excluding carboxylic acids is 2. The number of Topliss-reactive ketones (excluding diaryl/α,β-unsaturated/α-hetero) is 1. The maximum atomic E-state index is 13.1. The highest BCUT2D eigenvalue weighted by Gasteiger charge is 2.50. The van der Waals surface area contributed by atoms with E-state index in [4.69, 9.17) is 4.74 Å². The Labute approximate surface area is 200 Å². The molecule has 1 heterocycles. The van der Waals surface area contributed by atoms with E-state index in [1.54, 1.807) is 31.4 Å². The van der Waals surface area contributed by atoms with Crippen LogP contribution in [0.25, 0.3) is 0 Å². The van der Waals surface area contributed by atoms with Crippen LogP contribution in [0.5, 0.6) is 5.75 Å². The molecule has 2 unspecified atom stereocenters. The summed E-state index contributed by atoms with van der Waals surface area (Å²) in [5.41, 5.74) is 3.33. The monoisotopic (exact) mass is 462 g/mol. The molecule has 0 bridgehead atoms. The SMILES string of the molecule is CCC(C)C.CN.COc1ccc(C(=O)C2(O)CCCCC2C(=O)N2CCC(C)CC2)cc1. The van der Waals surface area contributed by atoms with Crippen molar-refractivity contribution in [3.63, 3.8) is 0 Å². The van der Waals surface area contributed by atoms with Crippen molar-refractivity contribution >= 4 is 11.7 Å². The number of aliphatic hydroxyl groups is 1. The third-order valence-corrected chi connectivity index (χ3v) is 6.83. The molecule has 1 saturated heterocycles. The van der Waals surface area contributed by atoms with Crippen LogP contribution in [-0.2, 0) is 4.79 Å². The molecule has 1 aromatic rings. The number of nitrogens with zero attached hydrogens (tertiary/aromatic N) is 1. The van der Waals surface area contributed by atoms with Gasteiger partial charge in [0.15, 0.2) is 5.78 Å². The van der Waals surface area contributed by atoms with Gasteiger partial charge in [-0.05, 0) is 68.8 Å². The number of amides is 1. The summed E-state index contributed by atoms with van der Waals surface area (Å²) >= 11 is 0. The highest BCUT2D eigenvalue weighted by atomic mass is 16.5. The van der Waals surface area contributed by atoms with Crippen molar-refractivity contribution in [1.82, 2.24) is 4.90 Å². The lowest BCUT2D eigenvalue weighted by atomic mass is 9.70. The van der Waals surface area contributed by atoms with Gasteiger partial charge in [0.05, 0.1) is 13.0 Å². The molecule has 1 saturated carbocycles. The van der Waals surface area contributed by atoms with Crippen molar-refractivity contribution in [3.8, 4) is 5.75 Å². The van der Waals surface area contributed by atoms with Gasteiger partial charge in [0, 0.05) is 18.7 Å². The Bertz CT molecular complexity index is 711. The van der Waals surface area contributed by atoms with Gasteiger partial charge in [0.1, 0.15) is 11.4 Å². The summed E-state index contributed by atoms with van der Waals surface area (Å²) in [5.74, 6) is 1.14. The smallest absolute Gasteiger partial charge is 0.229 e. The number of carbonyl (C=O) groups is 2. The predicted molar refractivity (Wildman–Crippen MR) is 134 cm³/mol. The molecule has 2 aliphatic rings. The van der Waals surface area contributed by atoms with E-state index in [9.17, 15) is 14.7 Å². The van der Waals surface area contributed by atoms with E-state index in [-0.39, 0.29) is 11.7 Å². The Morgan fingerprint density at radius 3 is 2.15 bits per heavy atom. The first-order valence-corrected chi connectivity index (χ1v) is 12.5. The van der Waals surface area contributed by atoms with Crippen LogP contribution in [0.3, 0.4) is 0 Å². The molecule has 33 heavy (non-hydrogen) atoms. The molecule has 0 spiro atoms. The van der Waals surface area contributed by atoms with Gasteiger partial charge in [-0.15, -0.1) is 0 Å². The molecule has 2 fully saturated rings. The van der Waals surface area contributed by atoms with Crippen LogP contribution >= 0.6 is 0 Å². The lowest BCUT2D eigenvalue weighted by molar-refractivity contribution is -0.146. The topological polar surface area (TPSA) is 92.9 Å². The minimum Gasteiger partial charge on any atom is -0.497 e. The fourth-order valence-electron chi connectivity index (χ4n) is 4.20. The molecule has 2 atom stereocenters. The first-order valence-electron chi connectivity index (χ1n) is 12.5. The van der Waals surface area contributed by atoms with Gasteiger partial charge >= 0.3 is 0 Å². The van der Waals surface area contributed by atoms with Gasteiger partial charge in [-0.25, -0.2) is 0 Å². The molecule has 1 aliphatic carbocycles. The van der Waals surface area contributed by atoms with Gasteiger partial charge < -0.3 is 20.5 Å². The molecule has 1 aromatic carbocycles. The minimum atomic E-state index is -1.60. The fourth-order valence-corrected chi connectivity index (χ4v) is 4.20. The summed E-state index contributed by atoms with van der Waals surface area (Å²) in [5, 5.41) is 11.3. The maximum Gasteiger partial charge on any atom is 0.229 e. The van der Waals surface area contributed by atoms with Crippen LogP contribution in [0.1, 0.15) is 83.0 Å². The number of hydrogen-bond donors (Lipinski definition) is 2. The molecule has 6 nitrogen and oxygen atoms in total. The first-order chi connectivity index (χ1) is 15.7. The standard InChI is InChI=1S/C21H29NO4.C5H12.CH5N/c1-15-10-13-22(14-11-15)20(24)18-5-3-4-12-21(18,25)19(23)16-6-8-17(26-2)9-7-16;1-4-5(2)3;1-2/h6-9,15,18,25H,3-5,10-14H2,1-2H3;5H,4H2,1-3H3;2H2,1H3. The predicted octanol–water partition coefficient (Wildman–Crippen LogP) is 4.69. The van der Waals surface area contributed by atoms with Crippen molar-refractivity contribution in [1.29, 1.82) is 0 Å². The largest absolute Gasteiger partial charge is 0.497 e. The summed E-state index contributed by atoms with van der Waals surface area (Å²) in [7, 11) is 3.07. The third-order valence-electron chi connectivity index (χ3n) is 6.83. The lowest BCUT2D eigenvalue weighted by Crippen LogP contribution is -2.55. The second-order valence-corrected chi connectivity index (χ2v) is 9.59. The highest BCUT2D eigenvalue weighted by Crippen LogP contribution is 2.38. The maximum absolute atomic E-state index is 13.1. The summed E-state index contributed by atoms with van der Waals surface area (Å²) < 4.78 is 5.13. The lowest BCUT2D eigenvalue weighted by Gasteiger charge is -2.41. The molecule has 0 radical (unpaired) electrons. The average molecular weight is 463 g/mol. The Morgan fingerprint density at radius 2 is 1.67 bits per heavy atom. The van der Waals surface area contributed by atoms with Crippen LogP contribution in [0.4, 0.5) is 0 Å². The number of methoxy groups -OCH3 is 1. The number of ketones is 1. The highest BCUT2D eigenvalue weighted by molar-refractivity contribution is 6.05. The Kier molecular flexibility index (Phi) is 12.7. The zero-order valence-corrected chi connectivity index (χ0v) is 21.6. The van der Waals surface area contributed by atoms with E-state index in [1.165, 1.54) is 13.5 Å². The Morgan fingerprint density at radius 1 is 1.12 bits per heavy atom. The van der Waals surface area contributed by atoms with Crippen molar-refractivity contribution < 1.29 is 19.4 Å². The third kappa shape index (κ3) is 8.11. The minimum absolute atomic E-state index is 0.0547. The molecule has 3 N–H and O–H groups in total. The quantitative estimate of drug-likeness (QED) is 0.620. The van der Waals surface area contributed by atoms with Crippen LogP contribution in [0.15, 0.2) is 24.3 Å². The number of ether oxygens (including phenoxy) is 1. The Hall–Kier alpha value is -1.92. The molecule has 6 heteroatoms. The summed E-state index contributed by atoms with van der Waals surface area (Å²) in [6.07, 6.45) is 5.84. The number of hydrogen-bond acceptors (Lipinski definition) is 5. The number of benzene rings is 1. The van der Waals surface area contributed by atoms with Crippen LogP contribution in [-0.4, -0.2) is 54.5 Å². The van der Waals surface area contributed by atoms with Gasteiger partial charge in [0.2, 0.25) is 5.91 Å².